The lowest BCUT2D eigenvalue weighted by Crippen LogP contribution is -2.56. The van der Waals surface area contributed by atoms with Crippen LogP contribution < -0.4 is 20.0 Å². The van der Waals surface area contributed by atoms with Gasteiger partial charge in [-0.25, -0.2) is 13.3 Å². The summed E-state index contributed by atoms with van der Waals surface area (Å²) in [7, 11) is 0. The first-order valence-corrected chi connectivity index (χ1v) is 8.61. The van der Waals surface area contributed by atoms with Crippen LogP contribution in [0.15, 0.2) is 12.2 Å². The summed E-state index contributed by atoms with van der Waals surface area (Å²) in [5.74, 6) is -2.11. The molecule has 27 heavy (non-hydrogen) atoms. The van der Waals surface area contributed by atoms with E-state index in [2.05, 4.69) is 24.9 Å². The molecule has 0 aliphatic rings. The van der Waals surface area contributed by atoms with Crippen LogP contribution in [0, 0.1) is 12.3 Å². The lowest BCUT2D eigenvalue weighted by atomic mass is 10.2. The highest BCUT2D eigenvalue weighted by Gasteiger charge is 2.24. The Morgan fingerprint density at radius 1 is 1.26 bits per heavy atom. The summed E-state index contributed by atoms with van der Waals surface area (Å²) in [5, 5.41) is 2.83. The van der Waals surface area contributed by atoms with Crippen molar-refractivity contribution in [2.75, 3.05) is 13.2 Å². The van der Waals surface area contributed by atoms with Crippen molar-refractivity contribution < 1.29 is 28.7 Å². The Bertz CT molecular complexity index is 660. The lowest BCUT2D eigenvalue weighted by Gasteiger charge is -2.23. The fourth-order valence-corrected chi connectivity index (χ4v) is 1.73. The van der Waals surface area contributed by atoms with Crippen LogP contribution in [0.1, 0.15) is 13.8 Å². The first-order chi connectivity index (χ1) is 12.7. The van der Waals surface area contributed by atoms with Crippen molar-refractivity contribution >= 4 is 52.5 Å². The Morgan fingerprint density at radius 2 is 1.89 bits per heavy atom. The minimum Gasteiger partial charge on any atom is -0.463 e. The van der Waals surface area contributed by atoms with E-state index in [-0.39, 0.29) is 6.61 Å². The van der Waals surface area contributed by atoms with Crippen molar-refractivity contribution in [3.05, 3.63) is 12.2 Å². The van der Waals surface area contributed by atoms with Crippen LogP contribution in [0.3, 0.4) is 0 Å². The van der Waals surface area contributed by atoms with Gasteiger partial charge in [0.05, 0.1) is 12.6 Å². The molecule has 2 atom stereocenters. The molecule has 11 nitrogen and oxygen atoms in total. The van der Waals surface area contributed by atoms with Gasteiger partial charge in [0.25, 0.3) is 11.8 Å². The van der Waals surface area contributed by atoms with Gasteiger partial charge in [-0.2, -0.15) is 0 Å². The summed E-state index contributed by atoms with van der Waals surface area (Å²) < 4.78 is 7.25. The molecular formula is C15H20IN5O6. The number of ether oxygens (including phenoxy) is 1. The van der Waals surface area contributed by atoms with Gasteiger partial charge < -0.3 is 15.8 Å². The van der Waals surface area contributed by atoms with Gasteiger partial charge in [0.15, 0.2) is 6.04 Å². The molecule has 0 saturated heterocycles. The van der Waals surface area contributed by atoms with Gasteiger partial charge in [-0.05, 0) is 13.8 Å². The second-order valence-corrected chi connectivity index (χ2v) is 5.51. The number of terminal acetylenes is 1. The number of hydrazine groups is 1. The molecule has 0 aliphatic carbocycles. The van der Waals surface area contributed by atoms with E-state index in [9.17, 15) is 24.0 Å². The summed E-state index contributed by atoms with van der Waals surface area (Å²) >= 11 is 1.75. The van der Waals surface area contributed by atoms with E-state index in [0.717, 1.165) is 12.2 Å². The van der Waals surface area contributed by atoms with Gasteiger partial charge in [0.1, 0.15) is 6.54 Å². The van der Waals surface area contributed by atoms with E-state index in [4.69, 9.17) is 12.2 Å². The van der Waals surface area contributed by atoms with Crippen LogP contribution in [0.5, 0.6) is 0 Å². The van der Waals surface area contributed by atoms with Crippen LogP contribution in [0.2, 0.25) is 0 Å². The first kappa shape index (κ1) is 24.3. The van der Waals surface area contributed by atoms with E-state index < -0.39 is 48.2 Å². The van der Waals surface area contributed by atoms with Gasteiger partial charge in [-0.15, -0.1) is 6.42 Å². The minimum absolute atomic E-state index is 0.104. The molecule has 5 N–H and O–H groups in total. The molecule has 0 aromatic heterocycles. The molecule has 0 unspecified atom stereocenters. The number of nitrogens with one attached hydrogen (secondary N) is 3. The number of halogens is 1. The van der Waals surface area contributed by atoms with Gasteiger partial charge in [-0.3, -0.25) is 24.6 Å². The molecule has 0 rings (SSSR count). The minimum atomic E-state index is -1.41. The molecule has 0 aromatic carbocycles. The van der Waals surface area contributed by atoms with E-state index >= 15 is 0 Å². The van der Waals surface area contributed by atoms with E-state index in [1.54, 1.807) is 29.8 Å². The molecule has 12 heteroatoms. The maximum absolute atomic E-state index is 12.2. The predicted octanol–water partition coefficient (Wildman–Crippen LogP) is -2.10. The number of rotatable bonds is 9. The van der Waals surface area contributed by atoms with Gasteiger partial charge in [0.2, 0.25) is 11.8 Å². The summed E-state index contributed by atoms with van der Waals surface area (Å²) in [5.41, 5.74) is 7.12. The Hall–Kier alpha value is -2.66. The summed E-state index contributed by atoms with van der Waals surface area (Å²) in [4.78, 5) is 58.5. The van der Waals surface area contributed by atoms with Crippen LogP contribution in [-0.4, -0.2) is 59.8 Å². The number of nitrogens with two attached hydrogens (primary N) is 1. The standard InChI is InChI=1S/C15H20IN5O6/c1-4-10(18-14(25)9(3)19-16)15(26)20-21(8-11(17)22)12(23)6-7-13(24)27-5-2/h1,6-7,9-10,19H,5,8H2,2-3H3,(H2,17,22)(H,18,25)(H,20,26)/b7-6+/t9-,10-/m0/s1. The predicted molar refractivity (Wildman–Crippen MR) is 102 cm³/mol. The number of nitrogens with zero attached hydrogens (tertiary/aromatic N) is 1. The fraction of sp³-hybridized carbons (Fsp3) is 0.400. The molecule has 148 valence electrons. The van der Waals surface area contributed by atoms with Crippen molar-refractivity contribution in [3.63, 3.8) is 0 Å². The number of amides is 4. The zero-order valence-electron chi connectivity index (χ0n) is 14.7. The second kappa shape index (κ2) is 12.7. The zero-order chi connectivity index (χ0) is 21.0. The molecule has 0 radical (unpaired) electrons. The molecule has 0 heterocycles. The van der Waals surface area contributed by atoms with Gasteiger partial charge >= 0.3 is 5.97 Å². The van der Waals surface area contributed by atoms with Crippen LogP contribution >= 0.6 is 22.9 Å². The zero-order valence-corrected chi connectivity index (χ0v) is 16.8. The molecule has 0 fully saturated rings. The van der Waals surface area contributed by atoms with Gasteiger partial charge in [0, 0.05) is 35.0 Å². The van der Waals surface area contributed by atoms with Crippen molar-refractivity contribution in [1.29, 1.82) is 0 Å². The topological polar surface area (TPSA) is 160 Å². The Balaban J connectivity index is 5.15. The van der Waals surface area contributed by atoms with Crippen LogP contribution in [0.25, 0.3) is 0 Å². The molecule has 0 spiro atoms. The number of carbonyl (C=O) groups excluding carboxylic acids is 5. The van der Waals surface area contributed by atoms with Crippen molar-refractivity contribution in [2.24, 2.45) is 5.73 Å². The Labute approximate surface area is 169 Å². The van der Waals surface area contributed by atoms with E-state index in [1.165, 1.54) is 6.92 Å². The quantitative estimate of drug-likeness (QED) is 0.0715. The number of carbonyl (C=O) groups is 5. The van der Waals surface area contributed by atoms with Crippen molar-refractivity contribution in [1.82, 2.24) is 19.3 Å². The summed E-state index contributed by atoms with van der Waals surface area (Å²) in [6.07, 6.45) is 6.83. The smallest absolute Gasteiger partial charge is 0.330 e. The number of primary amides is 1. The van der Waals surface area contributed by atoms with Crippen LogP contribution in [0.4, 0.5) is 0 Å². The average Bonchev–Trinajstić information content (AvgIpc) is 2.62. The maximum atomic E-state index is 12.2. The number of hydrogen-bond acceptors (Lipinski definition) is 7. The van der Waals surface area contributed by atoms with Crippen molar-refractivity contribution in [3.8, 4) is 12.3 Å². The lowest BCUT2D eigenvalue weighted by molar-refractivity contribution is -0.141. The van der Waals surface area contributed by atoms with E-state index in [0.29, 0.717) is 5.01 Å². The molecule has 0 aliphatic heterocycles. The fourth-order valence-electron chi connectivity index (χ4n) is 1.45. The van der Waals surface area contributed by atoms with Crippen molar-refractivity contribution in [2.45, 2.75) is 25.9 Å². The largest absolute Gasteiger partial charge is 0.463 e. The third-order valence-electron chi connectivity index (χ3n) is 2.75. The Morgan fingerprint density at radius 3 is 2.37 bits per heavy atom. The molecule has 0 bridgehead atoms. The molecule has 0 aromatic rings. The summed E-state index contributed by atoms with van der Waals surface area (Å²) in [6.45, 7) is 2.54. The monoisotopic (exact) mass is 493 g/mol. The van der Waals surface area contributed by atoms with Gasteiger partial charge in [-0.1, -0.05) is 5.92 Å². The average molecular weight is 493 g/mol. The highest BCUT2D eigenvalue weighted by atomic mass is 127. The highest BCUT2D eigenvalue weighted by Crippen LogP contribution is 1.94. The molecular weight excluding hydrogens is 473 g/mol. The number of hydrogen-bond donors (Lipinski definition) is 4. The highest BCUT2D eigenvalue weighted by molar-refractivity contribution is 14.1. The third kappa shape index (κ3) is 9.56. The third-order valence-corrected chi connectivity index (χ3v) is 3.68. The normalized spacial score (nSPS) is 12.4. The molecule has 4 amide bonds. The second-order valence-electron chi connectivity index (χ2n) is 4.89. The number of esters is 1. The SMILES string of the molecule is C#C[C@H](NC(=O)[C@H](C)NI)C(=O)NN(CC(N)=O)C(=O)/C=C/C(=O)OCC. The first-order valence-electron chi connectivity index (χ1n) is 7.54. The Kier molecular flexibility index (Phi) is 11.4. The van der Waals surface area contributed by atoms with Crippen LogP contribution in [-0.2, 0) is 28.7 Å². The maximum Gasteiger partial charge on any atom is 0.330 e. The molecule has 0 saturated carbocycles. The van der Waals surface area contributed by atoms with E-state index in [1.807, 2.05) is 0 Å². The summed E-state index contributed by atoms with van der Waals surface area (Å²) in [6, 6.07) is -2.05.